The first-order valence-corrected chi connectivity index (χ1v) is 9.91. The molecule has 3 aromatic carbocycles. The van der Waals surface area contributed by atoms with Crippen LogP contribution in [0.3, 0.4) is 0 Å². The first-order chi connectivity index (χ1) is 14.4. The fraction of sp³-hybridized carbons (Fsp3) is 0.167. The zero-order valence-electron chi connectivity index (χ0n) is 16.6. The van der Waals surface area contributed by atoms with E-state index in [4.69, 9.17) is 21.1 Å². The molecule has 0 aliphatic carbocycles. The largest absolute Gasteiger partial charge is 0.457 e. The molecule has 4 rings (SSSR count). The maximum atomic E-state index is 13.0. The minimum Gasteiger partial charge on any atom is -0.457 e. The third-order valence-corrected chi connectivity index (χ3v) is 5.26. The Morgan fingerprint density at radius 3 is 2.20 bits per heavy atom. The van der Waals surface area contributed by atoms with Gasteiger partial charge in [0.2, 0.25) is 0 Å². The molecule has 152 valence electrons. The summed E-state index contributed by atoms with van der Waals surface area (Å²) in [7, 11) is 0. The molecular weight excluding hydrogens is 402 g/mol. The van der Waals surface area contributed by atoms with Crippen molar-refractivity contribution in [3.8, 4) is 11.5 Å². The summed E-state index contributed by atoms with van der Waals surface area (Å²) < 4.78 is 11.3. The van der Waals surface area contributed by atoms with Gasteiger partial charge in [-0.15, -0.1) is 0 Å². The second-order valence-corrected chi connectivity index (χ2v) is 7.61. The topological polar surface area (TPSA) is 64.6 Å². The van der Waals surface area contributed by atoms with Gasteiger partial charge in [-0.2, -0.15) is 0 Å². The Morgan fingerprint density at radius 2 is 1.60 bits per heavy atom. The molecule has 1 heterocycles. The van der Waals surface area contributed by atoms with Crippen LogP contribution in [0.15, 0.2) is 60.7 Å². The number of para-hydroxylation sites is 2. The van der Waals surface area contributed by atoms with Gasteiger partial charge >= 0.3 is 5.97 Å². The number of anilines is 1. The zero-order valence-corrected chi connectivity index (χ0v) is 17.3. The Balaban J connectivity index is 1.51. The van der Waals surface area contributed by atoms with E-state index in [9.17, 15) is 9.59 Å². The number of carbonyl (C=O) groups is 2. The molecule has 1 amide bonds. The summed E-state index contributed by atoms with van der Waals surface area (Å²) in [5.74, 6) is -0.427. The molecule has 1 N–H and O–H groups in total. The number of hydrogen-bond donors (Lipinski definition) is 1. The van der Waals surface area contributed by atoms with Crippen LogP contribution in [0.25, 0.3) is 0 Å². The standard InChI is InChI=1S/C24H20ClNO4/c1-14-11-15(2)23(18(25)12-14)26-21(27)13-29-24(28)22-16-7-3-5-9-19(16)30-20-10-6-4-8-17(20)22/h3-12,22H,13H2,1-2H3,(H,26,27). The van der Waals surface area contributed by atoms with Crippen LogP contribution in [0.2, 0.25) is 5.02 Å². The second kappa shape index (κ2) is 8.20. The SMILES string of the molecule is Cc1cc(C)c(NC(=O)COC(=O)C2c3ccccc3Oc3ccccc32)c(Cl)c1. The van der Waals surface area contributed by atoms with Crippen LogP contribution in [0.1, 0.15) is 28.2 Å². The van der Waals surface area contributed by atoms with Gasteiger partial charge in [0.05, 0.1) is 10.7 Å². The molecule has 0 spiro atoms. The van der Waals surface area contributed by atoms with Gasteiger partial charge < -0.3 is 14.8 Å². The summed E-state index contributed by atoms with van der Waals surface area (Å²) in [5.41, 5.74) is 3.77. The van der Waals surface area contributed by atoms with E-state index in [1.165, 1.54) is 0 Å². The quantitative estimate of drug-likeness (QED) is 0.574. The monoisotopic (exact) mass is 421 g/mol. The lowest BCUT2D eigenvalue weighted by atomic mass is 9.88. The summed E-state index contributed by atoms with van der Waals surface area (Å²) in [6.07, 6.45) is 0. The Labute approximate surface area is 179 Å². The molecule has 0 fully saturated rings. The predicted molar refractivity (Wildman–Crippen MR) is 115 cm³/mol. The van der Waals surface area contributed by atoms with E-state index in [2.05, 4.69) is 5.32 Å². The number of ether oxygens (including phenoxy) is 2. The number of rotatable bonds is 4. The number of aryl methyl sites for hydroxylation is 2. The van der Waals surface area contributed by atoms with Crippen molar-refractivity contribution in [2.24, 2.45) is 0 Å². The number of esters is 1. The lowest BCUT2D eigenvalue weighted by Crippen LogP contribution is -2.26. The fourth-order valence-corrected chi connectivity index (χ4v) is 4.00. The number of nitrogens with one attached hydrogen (secondary N) is 1. The number of benzene rings is 3. The molecule has 0 bridgehead atoms. The molecule has 0 saturated carbocycles. The van der Waals surface area contributed by atoms with Gasteiger partial charge in [0.25, 0.3) is 5.91 Å². The highest BCUT2D eigenvalue weighted by Crippen LogP contribution is 2.44. The van der Waals surface area contributed by atoms with Crippen molar-refractivity contribution >= 4 is 29.2 Å². The van der Waals surface area contributed by atoms with Crippen molar-refractivity contribution in [3.05, 3.63) is 87.9 Å². The molecule has 0 unspecified atom stereocenters. The molecule has 0 aromatic heterocycles. The van der Waals surface area contributed by atoms with Crippen molar-refractivity contribution in [2.45, 2.75) is 19.8 Å². The summed E-state index contributed by atoms with van der Waals surface area (Å²) in [5, 5.41) is 3.17. The highest BCUT2D eigenvalue weighted by atomic mass is 35.5. The Bertz CT molecular complexity index is 1070. The Kier molecular flexibility index (Phi) is 5.46. The molecule has 5 nitrogen and oxygen atoms in total. The van der Waals surface area contributed by atoms with Crippen molar-refractivity contribution in [3.63, 3.8) is 0 Å². The number of amides is 1. The maximum absolute atomic E-state index is 13.0. The van der Waals surface area contributed by atoms with Gasteiger partial charge in [-0.05, 0) is 43.2 Å². The average Bonchev–Trinajstić information content (AvgIpc) is 2.72. The van der Waals surface area contributed by atoms with E-state index in [0.29, 0.717) is 33.3 Å². The lowest BCUT2D eigenvalue weighted by molar-refractivity contribution is -0.148. The fourth-order valence-electron chi connectivity index (χ4n) is 3.63. The third-order valence-electron chi connectivity index (χ3n) is 4.96. The highest BCUT2D eigenvalue weighted by Gasteiger charge is 2.33. The van der Waals surface area contributed by atoms with Gasteiger partial charge in [0.15, 0.2) is 6.61 Å². The first kappa shape index (κ1) is 20.0. The third kappa shape index (κ3) is 3.89. The molecule has 0 radical (unpaired) electrons. The molecule has 1 aliphatic heterocycles. The van der Waals surface area contributed by atoms with Crippen LogP contribution in [0, 0.1) is 13.8 Å². The van der Waals surface area contributed by atoms with E-state index >= 15 is 0 Å². The molecule has 1 aliphatic rings. The minimum absolute atomic E-state index is 0.413. The smallest absolute Gasteiger partial charge is 0.318 e. The van der Waals surface area contributed by atoms with Gasteiger partial charge in [-0.25, -0.2) is 0 Å². The number of halogens is 1. The summed E-state index contributed by atoms with van der Waals surface area (Å²) in [4.78, 5) is 25.4. The van der Waals surface area contributed by atoms with Gasteiger partial charge in [0.1, 0.15) is 17.4 Å². The molecule has 3 aromatic rings. The van der Waals surface area contributed by atoms with Gasteiger partial charge in [-0.3, -0.25) is 9.59 Å². The van der Waals surface area contributed by atoms with Crippen molar-refractivity contribution in [2.75, 3.05) is 11.9 Å². The van der Waals surface area contributed by atoms with Gasteiger partial charge in [-0.1, -0.05) is 54.1 Å². The molecule has 30 heavy (non-hydrogen) atoms. The predicted octanol–water partition coefficient (Wildman–Crippen LogP) is 5.38. The van der Waals surface area contributed by atoms with Crippen molar-refractivity contribution < 1.29 is 19.1 Å². The van der Waals surface area contributed by atoms with Crippen LogP contribution in [-0.4, -0.2) is 18.5 Å². The number of hydrogen-bond acceptors (Lipinski definition) is 4. The lowest BCUT2D eigenvalue weighted by Gasteiger charge is -2.26. The van der Waals surface area contributed by atoms with E-state index in [1.54, 1.807) is 18.2 Å². The summed E-state index contributed by atoms with van der Waals surface area (Å²) in [6.45, 7) is 3.37. The molecule has 0 saturated heterocycles. The Hall–Kier alpha value is -3.31. The molecular formula is C24H20ClNO4. The number of fused-ring (bicyclic) bond motifs is 2. The highest BCUT2D eigenvalue weighted by molar-refractivity contribution is 6.34. The molecule has 0 atom stereocenters. The minimum atomic E-state index is -0.663. The first-order valence-electron chi connectivity index (χ1n) is 9.53. The second-order valence-electron chi connectivity index (χ2n) is 7.21. The van der Waals surface area contributed by atoms with E-state index < -0.39 is 24.4 Å². The summed E-state index contributed by atoms with van der Waals surface area (Å²) in [6, 6.07) is 18.3. The van der Waals surface area contributed by atoms with Crippen LogP contribution >= 0.6 is 11.6 Å². The summed E-state index contributed by atoms with van der Waals surface area (Å²) >= 11 is 6.24. The normalized spacial score (nSPS) is 12.4. The average molecular weight is 422 g/mol. The van der Waals surface area contributed by atoms with Crippen LogP contribution in [0.5, 0.6) is 11.5 Å². The molecule has 6 heteroatoms. The van der Waals surface area contributed by atoms with E-state index in [1.807, 2.05) is 56.3 Å². The Morgan fingerprint density at radius 1 is 1.00 bits per heavy atom. The number of carbonyl (C=O) groups excluding carboxylic acids is 2. The van der Waals surface area contributed by atoms with Crippen LogP contribution < -0.4 is 10.1 Å². The van der Waals surface area contributed by atoms with E-state index in [0.717, 1.165) is 11.1 Å². The van der Waals surface area contributed by atoms with Gasteiger partial charge in [0, 0.05) is 11.1 Å². The maximum Gasteiger partial charge on any atom is 0.318 e. The van der Waals surface area contributed by atoms with Crippen molar-refractivity contribution in [1.82, 2.24) is 0 Å². The van der Waals surface area contributed by atoms with Crippen LogP contribution in [0.4, 0.5) is 5.69 Å². The zero-order chi connectivity index (χ0) is 21.3. The van der Waals surface area contributed by atoms with Crippen molar-refractivity contribution in [1.29, 1.82) is 0 Å². The van der Waals surface area contributed by atoms with E-state index in [-0.39, 0.29) is 0 Å². The van der Waals surface area contributed by atoms with Crippen LogP contribution in [-0.2, 0) is 14.3 Å².